The van der Waals surface area contributed by atoms with Crippen LogP contribution in [0.4, 0.5) is 0 Å². The van der Waals surface area contributed by atoms with E-state index in [0.717, 1.165) is 52.6 Å². The summed E-state index contributed by atoms with van der Waals surface area (Å²) < 4.78 is 32.7. The van der Waals surface area contributed by atoms with Crippen molar-refractivity contribution in [1.29, 1.82) is 0 Å². The smallest absolute Gasteiger partial charge is 0.0781 e. The Labute approximate surface area is 273 Å². The van der Waals surface area contributed by atoms with Crippen molar-refractivity contribution in [2.24, 2.45) is 0 Å². The Morgan fingerprint density at radius 3 is 1.25 bits per heavy atom. The molecule has 0 aromatic rings. The third-order valence-corrected chi connectivity index (χ3v) is 5.55. The van der Waals surface area contributed by atoms with Gasteiger partial charge in [-0.25, -0.2) is 0 Å². The second kappa shape index (κ2) is 39.8. The fourth-order valence-electron chi connectivity index (χ4n) is 3.56. The van der Waals surface area contributed by atoms with E-state index in [1.165, 1.54) is 25.9 Å². The average Bonchev–Trinajstić information content (AvgIpc) is 3.67. The molecule has 2 saturated heterocycles. The fraction of sp³-hybridized carbons (Fsp3) is 0.933. The molecule has 0 spiro atoms. The van der Waals surface area contributed by atoms with E-state index in [2.05, 4.69) is 22.6 Å². The Hall–Kier alpha value is 0.849. The molecule has 0 N–H and O–H groups in total. The van der Waals surface area contributed by atoms with Crippen LogP contribution in [-0.4, -0.2) is 127 Å². The molecule has 242 valence electrons. The van der Waals surface area contributed by atoms with Crippen LogP contribution in [0.5, 0.6) is 0 Å². The third kappa shape index (κ3) is 33.4. The summed E-state index contributed by atoms with van der Waals surface area (Å²) in [5.41, 5.74) is 0. The zero-order valence-electron chi connectivity index (χ0n) is 27.3. The molecule has 2 radical (unpaired) electrons. The standard InChI is InChI=1S/2C13H26NO3.2C2H6.2V/c2*1-3-15-12-13(2)17-11-10-16-9-8-14-6-4-5-7-14;2*1-2;;/h2*4,13H,3,5-12H2,1-2H3;2*1-2H3;;/q2*-1;;;;. The van der Waals surface area contributed by atoms with Gasteiger partial charge in [0.2, 0.25) is 0 Å². The van der Waals surface area contributed by atoms with Gasteiger partial charge >= 0.3 is 0 Å². The van der Waals surface area contributed by atoms with Crippen molar-refractivity contribution in [3.8, 4) is 0 Å². The molecule has 2 heterocycles. The van der Waals surface area contributed by atoms with E-state index in [-0.39, 0.29) is 49.3 Å². The van der Waals surface area contributed by atoms with Crippen molar-refractivity contribution in [2.45, 2.75) is 80.4 Å². The largest absolute Gasteiger partial charge is 0.379 e. The van der Waals surface area contributed by atoms with E-state index < -0.39 is 0 Å². The van der Waals surface area contributed by atoms with Crippen molar-refractivity contribution in [3.05, 3.63) is 12.8 Å². The molecule has 2 fully saturated rings. The SMILES string of the molecule is CC.CC.CCOCC(C)OCCOCCN1C[CH-]CC1.CCOCC(C)OCCOCCN1C[CH-]CC1.[V].[V]. The summed E-state index contributed by atoms with van der Waals surface area (Å²) in [5, 5.41) is 0. The average molecular weight is 651 g/mol. The zero-order valence-corrected chi connectivity index (χ0v) is 30.1. The summed E-state index contributed by atoms with van der Waals surface area (Å²) in [6, 6.07) is 0. The first-order valence-corrected chi connectivity index (χ1v) is 15.3. The minimum Gasteiger partial charge on any atom is -0.379 e. The van der Waals surface area contributed by atoms with Gasteiger partial charge in [0.15, 0.2) is 0 Å². The van der Waals surface area contributed by atoms with Gasteiger partial charge in [0, 0.05) is 63.4 Å². The van der Waals surface area contributed by atoms with E-state index in [1.807, 2.05) is 55.4 Å². The summed E-state index contributed by atoms with van der Waals surface area (Å²) in [7, 11) is 0. The van der Waals surface area contributed by atoms with Crippen molar-refractivity contribution in [3.63, 3.8) is 0 Å². The van der Waals surface area contributed by atoms with E-state index >= 15 is 0 Å². The Balaban J connectivity index is -0.000000276. The van der Waals surface area contributed by atoms with Crippen LogP contribution in [0.25, 0.3) is 0 Å². The number of likely N-dealkylation sites (tertiary alicyclic amines) is 2. The molecule has 0 aliphatic carbocycles. The molecule has 40 heavy (non-hydrogen) atoms. The van der Waals surface area contributed by atoms with Crippen LogP contribution in [0, 0.1) is 12.8 Å². The summed E-state index contributed by atoms with van der Waals surface area (Å²) in [5.74, 6) is 0. The van der Waals surface area contributed by atoms with Crippen molar-refractivity contribution in [2.75, 3.05) is 105 Å². The number of nitrogens with zero attached hydrogens (tertiary/aromatic N) is 2. The number of rotatable bonds is 20. The fourth-order valence-corrected chi connectivity index (χ4v) is 3.56. The first-order valence-electron chi connectivity index (χ1n) is 15.3. The Morgan fingerprint density at radius 2 is 0.950 bits per heavy atom. The predicted molar refractivity (Wildman–Crippen MR) is 159 cm³/mol. The molecular formula is C30H64N2O6V2-2. The maximum Gasteiger partial charge on any atom is 0.0781 e. The van der Waals surface area contributed by atoms with Crippen LogP contribution < -0.4 is 0 Å². The van der Waals surface area contributed by atoms with Gasteiger partial charge in [-0.1, -0.05) is 27.7 Å². The quantitative estimate of drug-likeness (QED) is 0.138. The summed E-state index contributed by atoms with van der Waals surface area (Å²) in [6.07, 6.45) is 7.39. The Bertz CT molecular complexity index is 395. The molecule has 10 heteroatoms. The van der Waals surface area contributed by atoms with Gasteiger partial charge in [0.05, 0.1) is 65.1 Å². The third-order valence-electron chi connectivity index (χ3n) is 5.55. The van der Waals surface area contributed by atoms with Gasteiger partial charge in [0.1, 0.15) is 0 Å². The molecule has 0 amide bonds. The van der Waals surface area contributed by atoms with Crippen LogP contribution >= 0.6 is 0 Å². The molecule has 0 aromatic carbocycles. The molecule has 2 aliphatic rings. The zero-order chi connectivity index (χ0) is 28.7. The molecule has 2 rings (SSSR count). The van der Waals surface area contributed by atoms with E-state index in [1.54, 1.807) is 0 Å². The molecule has 8 nitrogen and oxygen atoms in total. The summed E-state index contributed by atoms with van der Waals surface area (Å²) in [6.45, 7) is 29.8. The van der Waals surface area contributed by atoms with Crippen LogP contribution in [0.2, 0.25) is 0 Å². The predicted octanol–water partition coefficient (Wildman–Crippen LogP) is 4.76. The van der Waals surface area contributed by atoms with Gasteiger partial charge < -0.3 is 51.1 Å². The molecule has 2 atom stereocenters. The second-order valence-corrected chi connectivity index (χ2v) is 8.66. The minimum absolute atomic E-state index is 0. The minimum atomic E-state index is 0. The van der Waals surface area contributed by atoms with Crippen molar-refractivity contribution in [1.82, 2.24) is 9.80 Å². The first-order chi connectivity index (χ1) is 18.7. The normalized spacial score (nSPS) is 16.2. The number of ether oxygens (including phenoxy) is 6. The number of hydrogen-bond donors (Lipinski definition) is 0. The first kappa shape index (κ1) is 47.8. The summed E-state index contributed by atoms with van der Waals surface area (Å²) in [4.78, 5) is 4.80. The Morgan fingerprint density at radius 1 is 0.575 bits per heavy atom. The topological polar surface area (TPSA) is 61.9 Å². The van der Waals surface area contributed by atoms with Crippen molar-refractivity contribution >= 4 is 0 Å². The molecule has 0 saturated carbocycles. The van der Waals surface area contributed by atoms with Crippen LogP contribution in [-0.2, 0) is 65.5 Å². The molecule has 0 bridgehead atoms. The maximum atomic E-state index is 5.55. The van der Waals surface area contributed by atoms with Crippen molar-refractivity contribution < 1.29 is 65.5 Å². The van der Waals surface area contributed by atoms with Gasteiger partial charge in [-0.3, -0.25) is 0 Å². The van der Waals surface area contributed by atoms with Crippen LogP contribution in [0.1, 0.15) is 68.2 Å². The van der Waals surface area contributed by atoms with Crippen LogP contribution in [0.15, 0.2) is 0 Å². The Kier molecular flexibility index (Phi) is 47.6. The van der Waals surface area contributed by atoms with E-state index in [4.69, 9.17) is 28.4 Å². The molecular weight excluding hydrogens is 586 g/mol. The molecule has 0 aromatic heterocycles. The number of hydrogen-bond acceptors (Lipinski definition) is 8. The van der Waals surface area contributed by atoms with Gasteiger partial charge in [-0.05, 0) is 40.8 Å². The van der Waals surface area contributed by atoms with E-state index in [9.17, 15) is 0 Å². The molecule has 2 aliphatic heterocycles. The monoisotopic (exact) mass is 650 g/mol. The van der Waals surface area contributed by atoms with Gasteiger partial charge in [-0.2, -0.15) is 12.8 Å². The summed E-state index contributed by atoms with van der Waals surface area (Å²) >= 11 is 0. The van der Waals surface area contributed by atoms with E-state index in [0.29, 0.717) is 39.6 Å². The van der Waals surface area contributed by atoms with Gasteiger partial charge in [0.25, 0.3) is 0 Å². The molecule has 2 unspecified atom stereocenters. The maximum absolute atomic E-state index is 5.55. The van der Waals surface area contributed by atoms with Crippen LogP contribution in [0.3, 0.4) is 0 Å². The second-order valence-electron chi connectivity index (χ2n) is 8.66. The van der Waals surface area contributed by atoms with Gasteiger partial charge in [-0.15, -0.1) is 13.1 Å².